The SMILES string of the molecule is CC(C)(C)NCCCCCOc1ccc(Cl)cc1Cl. The molecule has 0 spiro atoms. The molecule has 0 radical (unpaired) electrons. The first-order valence-corrected chi connectivity index (χ1v) is 7.47. The molecule has 0 amide bonds. The van der Waals surface area contributed by atoms with E-state index in [1.807, 2.05) is 6.07 Å². The third-order valence-corrected chi connectivity index (χ3v) is 3.16. The second kappa shape index (κ2) is 7.98. The molecule has 108 valence electrons. The average molecular weight is 304 g/mol. The number of hydrogen-bond donors (Lipinski definition) is 1. The molecule has 0 saturated heterocycles. The average Bonchev–Trinajstić information content (AvgIpc) is 2.29. The quantitative estimate of drug-likeness (QED) is 0.721. The number of rotatable bonds is 7. The van der Waals surface area contributed by atoms with Crippen LogP contribution in [-0.4, -0.2) is 18.7 Å². The van der Waals surface area contributed by atoms with Crippen molar-refractivity contribution in [2.45, 2.75) is 45.6 Å². The first-order valence-electron chi connectivity index (χ1n) is 6.71. The highest BCUT2D eigenvalue weighted by Gasteiger charge is 2.07. The lowest BCUT2D eigenvalue weighted by Gasteiger charge is -2.20. The standard InChI is InChI=1S/C15H23Cl2NO/c1-15(2,3)18-9-5-4-6-10-19-14-8-7-12(16)11-13(14)17/h7-8,11,18H,4-6,9-10H2,1-3H3. The Bertz CT molecular complexity index is 388. The van der Waals surface area contributed by atoms with Crippen molar-refractivity contribution in [2.24, 2.45) is 0 Å². The van der Waals surface area contributed by atoms with Gasteiger partial charge in [-0.1, -0.05) is 23.2 Å². The van der Waals surface area contributed by atoms with Gasteiger partial charge in [-0.05, 0) is 64.8 Å². The van der Waals surface area contributed by atoms with E-state index in [-0.39, 0.29) is 5.54 Å². The zero-order chi connectivity index (χ0) is 14.3. The number of halogens is 2. The molecule has 0 aliphatic heterocycles. The number of unbranched alkanes of at least 4 members (excludes halogenated alkanes) is 2. The van der Waals surface area contributed by atoms with Gasteiger partial charge in [0.25, 0.3) is 0 Å². The van der Waals surface area contributed by atoms with E-state index < -0.39 is 0 Å². The van der Waals surface area contributed by atoms with E-state index in [0.29, 0.717) is 22.4 Å². The molecule has 2 nitrogen and oxygen atoms in total. The topological polar surface area (TPSA) is 21.3 Å². The van der Waals surface area contributed by atoms with E-state index in [1.54, 1.807) is 12.1 Å². The van der Waals surface area contributed by atoms with Gasteiger partial charge < -0.3 is 10.1 Å². The maximum absolute atomic E-state index is 6.02. The predicted molar refractivity (Wildman–Crippen MR) is 83.6 cm³/mol. The maximum atomic E-state index is 6.02. The Kier molecular flexibility index (Phi) is 6.98. The van der Waals surface area contributed by atoms with Crippen molar-refractivity contribution >= 4 is 23.2 Å². The molecule has 0 aliphatic carbocycles. The van der Waals surface area contributed by atoms with Crippen LogP contribution in [0, 0.1) is 0 Å². The summed E-state index contributed by atoms with van der Waals surface area (Å²) < 4.78 is 5.63. The molecule has 1 aromatic carbocycles. The summed E-state index contributed by atoms with van der Waals surface area (Å²) in [5.41, 5.74) is 0.202. The van der Waals surface area contributed by atoms with Gasteiger partial charge in [0.05, 0.1) is 11.6 Å². The zero-order valence-corrected chi connectivity index (χ0v) is 13.4. The molecule has 0 atom stereocenters. The summed E-state index contributed by atoms with van der Waals surface area (Å²) in [5, 5.41) is 4.67. The van der Waals surface area contributed by atoms with Crippen LogP contribution in [0.4, 0.5) is 0 Å². The minimum absolute atomic E-state index is 0.202. The van der Waals surface area contributed by atoms with Crippen LogP contribution in [0.2, 0.25) is 10.0 Å². The summed E-state index contributed by atoms with van der Waals surface area (Å²) in [6.45, 7) is 8.28. The van der Waals surface area contributed by atoms with Crippen LogP contribution in [0.25, 0.3) is 0 Å². The second-order valence-electron chi connectivity index (χ2n) is 5.66. The van der Waals surface area contributed by atoms with Crippen molar-refractivity contribution in [3.8, 4) is 5.75 Å². The molecule has 19 heavy (non-hydrogen) atoms. The normalized spacial score (nSPS) is 11.6. The van der Waals surface area contributed by atoms with Crippen LogP contribution in [0.15, 0.2) is 18.2 Å². The lowest BCUT2D eigenvalue weighted by Crippen LogP contribution is -2.36. The first kappa shape index (κ1) is 16.6. The summed E-state index contributed by atoms with van der Waals surface area (Å²) in [6, 6.07) is 5.30. The molecular weight excluding hydrogens is 281 g/mol. The second-order valence-corrected chi connectivity index (χ2v) is 6.50. The fourth-order valence-electron chi connectivity index (χ4n) is 1.64. The lowest BCUT2D eigenvalue weighted by atomic mass is 10.1. The van der Waals surface area contributed by atoms with Gasteiger partial charge in [0.15, 0.2) is 0 Å². The summed E-state index contributed by atoms with van der Waals surface area (Å²) in [6.07, 6.45) is 3.34. The molecular formula is C15H23Cl2NO. The van der Waals surface area contributed by atoms with Gasteiger partial charge in [0, 0.05) is 10.6 Å². The Labute approximate surface area is 126 Å². The fraction of sp³-hybridized carbons (Fsp3) is 0.600. The van der Waals surface area contributed by atoms with E-state index in [9.17, 15) is 0 Å². The van der Waals surface area contributed by atoms with Crippen molar-refractivity contribution in [2.75, 3.05) is 13.2 Å². The van der Waals surface area contributed by atoms with E-state index in [4.69, 9.17) is 27.9 Å². The molecule has 4 heteroatoms. The largest absolute Gasteiger partial charge is 0.492 e. The van der Waals surface area contributed by atoms with Gasteiger partial charge in [0.2, 0.25) is 0 Å². The molecule has 0 aliphatic rings. The first-order chi connectivity index (χ1) is 8.88. The number of hydrogen-bond acceptors (Lipinski definition) is 2. The Morgan fingerprint density at radius 2 is 1.84 bits per heavy atom. The minimum Gasteiger partial charge on any atom is -0.492 e. The molecule has 0 fully saturated rings. The Hall–Kier alpha value is -0.440. The van der Waals surface area contributed by atoms with Crippen LogP contribution < -0.4 is 10.1 Å². The number of nitrogens with one attached hydrogen (secondary N) is 1. The highest BCUT2D eigenvalue weighted by molar-refractivity contribution is 6.35. The Morgan fingerprint density at radius 3 is 2.47 bits per heavy atom. The zero-order valence-electron chi connectivity index (χ0n) is 11.9. The van der Waals surface area contributed by atoms with Gasteiger partial charge >= 0.3 is 0 Å². The molecule has 1 rings (SSSR count). The van der Waals surface area contributed by atoms with Crippen molar-refractivity contribution in [1.29, 1.82) is 0 Å². The maximum Gasteiger partial charge on any atom is 0.137 e. The predicted octanol–water partition coefficient (Wildman–Crippen LogP) is 4.93. The minimum atomic E-state index is 0.202. The van der Waals surface area contributed by atoms with E-state index in [1.165, 1.54) is 0 Å². The summed E-state index contributed by atoms with van der Waals surface area (Å²) in [7, 11) is 0. The van der Waals surface area contributed by atoms with Gasteiger partial charge in [0.1, 0.15) is 5.75 Å². The molecule has 1 N–H and O–H groups in total. The molecule has 0 bridgehead atoms. The van der Waals surface area contributed by atoms with Gasteiger partial charge in [-0.3, -0.25) is 0 Å². The van der Waals surface area contributed by atoms with Crippen LogP contribution in [0.1, 0.15) is 40.0 Å². The van der Waals surface area contributed by atoms with E-state index in [0.717, 1.165) is 25.8 Å². The smallest absolute Gasteiger partial charge is 0.137 e. The summed E-state index contributed by atoms with van der Waals surface area (Å²) in [4.78, 5) is 0. The number of ether oxygens (including phenoxy) is 1. The van der Waals surface area contributed by atoms with Crippen molar-refractivity contribution in [3.63, 3.8) is 0 Å². The van der Waals surface area contributed by atoms with Crippen molar-refractivity contribution < 1.29 is 4.74 Å². The van der Waals surface area contributed by atoms with E-state index >= 15 is 0 Å². The van der Waals surface area contributed by atoms with Gasteiger partial charge in [-0.15, -0.1) is 0 Å². The highest BCUT2D eigenvalue weighted by Crippen LogP contribution is 2.27. The van der Waals surface area contributed by atoms with Crippen LogP contribution in [0.5, 0.6) is 5.75 Å². The Balaban J connectivity index is 2.11. The molecule has 1 aromatic rings. The summed E-state index contributed by atoms with van der Waals surface area (Å²) in [5.74, 6) is 0.707. The Morgan fingerprint density at radius 1 is 1.11 bits per heavy atom. The fourth-order valence-corrected chi connectivity index (χ4v) is 2.10. The van der Waals surface area contributed by atoms with Crippen LogP contribution in [-0.2, 0) is 0 Å². The summed E-state index contributed by atoms with van der Waals surface area (Å²) >= 11 is 11.8. The van der Waals surface area contributed by atoms with Crippen molar-refractivity contribution in [1.82, 2.24) is 5.32 Å². The lowest BCUT2D eigenvalue weighted by molar-refractivity contribution is 0.303. The molecule has 0 heterocycles. The van der Waals surface area contributed by atoms with Crippen molar-refractivity contribution in [3.05, 3.63) is 28.2 Å². The van der Waals surface area contributed by atoms with Crippen LogP contribution in [0.3, 0.4) is 0 Å². The molecule has 0 saturated carbocycles. The monoisotopic (exact) mass is 303 g/mol. The molecule has 0 aromatic heterocycles. The van der Waals surface area contributed by atoms with E-state index in [2.05, 4.69) is 26.1 Å². The third-order valence-electron chi connectivity index (χ3n) is 2.63. The molecule has 0 unspecified atom stereocenters. The highest BCUT2D eigenvalue weighted by atomic mass is 35.5. The van der Waals surface area contributed by atoms with Gasteiger partial charge in [-0.25, -0.2) is 0 Å². The third kappa shape index (κ3) is 7.66. The number of benzene rings is 1. The van der Waals surface area contributed by atoms with Crippen LogP contribution >= 0.6 is 23.2 Å². The van der Waals surface area contributed by atoms with Gasteiger partial charge in [-0.2, -0.15) is 0 Å².